The van der Waals surface area contributed by atoms with Crippen LogP contribution in [0, 0.1) is 11.8 Å². The highest BCUT2D eigenvalue weighted by Gasteiger charge is 2.43. The molecule has 1 aromatic carbocycles. The smallest absolute Gasteiger partial charge is 0.410 e. The van der Waals surface area contributed by atoms with Crippen LogP contribution in [0.3, 0.4) is 0 Å². The molecule has 38 heavy (non-hydrogen) atoms. The molecule has 0 unspecified atom stereocenters. The highest BCUT2D eigenvalue weighted by atomic mass is 16.6. The summed E-state index contributed by atoms with van der Waals surface area (Å²) in [5.74, 6) is -2.14. The third-order valence-electron chi connectivity index (χ3n) is 7.61. The number of para-hydroxylation sites is 1. The summed E-state index contributed by atoms with van der Waals surface area (Å²) in [6.45, 7) is 5.86. The number of rotatable bonds is 5. The van der Waals surface area contributed by atoms with Gasteiger partial charge >= 0.3 is 12.2 Å². The van der Waals surface area contributed by atoms with Crippen molar-refractivity contribution in [1.82, 2.24) is 20.2 Å². The van der Waals surface area contributed by atoms with E-state index in [4.69, 9.17) is 9.47 Å². The number of ether oxygens (including phenoxy) is 2. The summed E-state index contributed by atoms with van der Waals surface area (Å²) in [7, 11) is 0. The van der Waals surface area contributed by atoms with E-state index >= 15 is 0 Å². The Morgan fingerprint density at radius 1 is 0.842 bits per heavy atom. The molecule has 1 aromatic rings. The summed E-state index contributed by atoms with van der Waals surface area (Å²) in [5, 5.41) is 9.35. The van der Waals surface area contributed by atoms with E-state index in [0.717, 1.165) is 5.69 Å². The number of benzene rings is 1. The molecule has 0 spiro atoms. The second-order valence-electron chi connectivity index (χ2n) is 9.83. The lowest BCUT2D eigenvalue weighted by atomic mass is 9.76. The molecule has 12 nitrogen and oxygen atoms in total. The standard InChI is InChI=1S/C26H37N5O7/c1-2-37-25(34)30-14-16-31(17-15-30)26(35)38-20-8-9-21(22(18-20)23(32)27-36)24(33)29-12-10-28(11-13-29)19-6-4-3-5-7-19/h3-7,20-22,36H,2,8-18H2,1H3,(H,27,32)/t20-,21+,22+/m1/s1. The molecule has 2 heterocycles. The molecule has 208 valence electrons. The number of hydroxylamine groups is 1. The van der Waals surface area contributed by atoms with Gasteiger partial charge in [-0.3, -0.25) is 14.8 Å². The van der Waals surface area contributed by atoms with Crippen molar-refractivity contribution >= 4 is 29.7 Å². The monoisotopic (exact) mass is 531 g/mol. The van der Waals surface area contributed by atoms with Gasteiger partial charge in [0.05, 0.1) is 18.4 Å². The van der Waals surface area contributed by atoms with Crippen LogP contribution >= 0.6 is 0 Å². The van der Waals surface area contributed by atoms with Gasteiger partial charge in [-0.2, -0.15) is 0 Å². The Morgan fingerprint density at radius 3 is 2.05 bits per heavy atom. The topological polar surface area (TPSA) is 132 Å². The van der Waals surface area contributed by atoms with Crippen molar-refractivity contribution in [3.63, 3.8) is 0 Å². The first-order valence-corrected chi connectivity index (χ1v) is 13.3. The van der Waals surface area contributed by atoms with Crippen molar-refractivity contribution < 1.29 is 33.9 Å². The van der Waals surface area contributed by atoms with Gasteiger partial charge in [0.1, 0.15) is 6.10 Å². The number of carbonyl (C=O) groups excluding carboxylic acids is 4. The second kappa shape index (κ2) is 12.8. The van der Waals surface area contributed by atoms with E-state index in [1.165, 1.54) is 4.90 Å². The van der Waals surface area contributed by atoms with Crippen LogP contribution in [0.15, 0.2) is 30.3 Å². The highest BCUT2D eigenvalue weighted by Crippen LogP contribution is 2.34. The van der Waals surface area contributed by atoms with E-state index in [2.05, 4.69) is 4.90 Å². The number of piperazine rings is 2. The fourth-order valence-electron chi connectivity index (χ4n) is 5.47. The summed E-state index contributed by atoms with van der Waals surface area (Å²) in [4.78, 5) is 57.7. The number of amides is 4. The fourth-order valence-corrected chi connectivity index (χ4v) is 5.47. The summed E-state index contributed by atoms with van der Waals surface area (Å²) < 4.78 is 10.7. The van der Waals surface area contributed by atoms with Gasteiger partial charge in [0.2, 0.25) is 11.8 Å². The Kier molecular flexibility index (Phi) is 9.27. The Bertz CT molecular complexity index is 977. The first kappa shape index (κ1) is 27.5. The van der Waals surface area contributed by atoms with Crippen LogP contribution in [0.1, 0.15) is 26.2 Å². The first-order valence-electron chi connectivity index (χ1n) is 13.3. The minimum absolute atomic E-state index is 0.105. The quantitative estimate of drug-likeness (QED) is 0.432. The first-order chi connectivity index (χ1) is 18.4. The maximum Gasteiger partial charge on any atom is 0.410 e. The number of anilines is 1. The predicted octanol–water partition coefficient (Wildman–Crippen LogP) is 1.54. The molecule has 4 amide bonds. The van der Waals surface area contributed by atoms with Gasteiger partial charge in [0, 0.05) is 58.0 Å². The number of carbonyl (C=O) groups is 4. The SMILES string of the molecule is CCOC(=O)N1CCN(C(=O)O[C@@H]2CC[C@H](C(=O)N3CCN(c4ccccc4)CC3)[C@@H](C(=O)NO)C2)CC1. The molecule has 3 fully saturated rings. The van der Waals surface area contributed by atoms with Gasteiger partial charge in [0.15, 0.2) is 0 Å². The van der Waals surface area contributed by atoms with Crippen LogP contribution in [0.4, 0.5) is 15.3 Å². The van der Waals surface area contributed by atoms with E-state index < -0.39 is 36.0 Å². The summed E-state index contributed by atoms with van der Waals surface area (Å²) >= 11 is 0. The average molecular weight is 532 g/mol. The Balaban J connectivity index is 1.29. The normalized spacial score (nSPS) is 24.0. The van der Waals surface area contributed by atoms with Gasteiger partial charge in [-0.1, -0.05) is 18.2 Å². The molecule has 1 saturated carbocycles. The molecule has 12 heteroatoms. The summed E-state index contributed by atoms with van der Waals surface area (Å²) in [6, 6.07) is 10.0. The molecule has 3 atom stereocenters. The zero-order valence-corrected chi connectivity index (χ0v) is 21.8. The van der Waals surface area contributed by atoms with E-state index in [9.17, 15) is 24.4 Å². The zero-order chi connectivity index (χ0) is 27.1. The van der Waals surface area contributed by atoms with Crippen LogP contribution < -0.4 is 10.4 Å². The zero-order valence-electron chi connectivity index (χ0n) is 21.8. The molecule has 2 saturated heterocycles. The third-order valence-corrected chi connectivity index (χ3v) is 7.61. The second-order valence-corrected chi connectivity index (χ2v) is 9.83. The summed E-state index contributed by atoms with van der Waals surface area (Å²) in [6.07, 6.45) is -0.478. The molecule has 2 aliphatic heterocycles. The van der Waals surface area contributed by atoms with Crippen LogP contribution in [0.25, 0.3) is 0 Å². The van der Waals surface area contributed by atoms with E-state index in [0.29, 0.717) is 71.8 Å². The Labute approximate surface area is 222 Å². The van der Waals surface area contributed by atoms with E-state index in [1.807, 2.05) is 30.3 Å². The van der Waals surface area contributed by atoms with Crippen molar-refractivity contribution in [2.45, 2.75) is 32.3 Å². The van der Waals surface area contributed by atoms with Gasteiger partial charge < -0.3 is 29.1 Å². The molecule has 0 aromatic heterocycles. The highest BCUT2D eigenvalue weighted by molar-refractivity contribution is 5.87. The molecule has 3 aliphatic rings. The van der Waals surface area contributed by atoms with Gasteiger partial charge in [0.25, 0.3) is 0 Å². The van der Waals surface area contributed by atoms with Gasteiger partial charge in [-0.15, -0.1) is 0 Å². The van der Waals surface area contributed by atoms with Crippen molar-refractivity contribution in [3.8, 4) is 0 Å². The lowest BCUT2D eigenvalue weighted by molar-refractivity contribution is -0.149. The number of hydrogen-bond donors (Lipinski definition) is 2. The van der Waals surface area contributed by atoms with Crippen molar-refractivity contribution in [2.75, 3.05) is 63.9 Å². The van der Waals surface area contributed by atoms with Crippen molar-refractivity contribution in [2.24, 2.45) is 11.8 Å². The average Bonchev–Trinajstić information content (AvgIpc) is 2.97. The molecular formula is C26H37N5O7. The van der Waals surface area contributed by atoms with Crippen LogP contribution in [-0.2, 0) is 19.1 Å². The molecule has 0 radical (unpaired) electrons. The molecule has 2 N–H and O–H groups in total. The molecule has 1 aliphatic carbocycles. The number of hydrogen-bond acceptors (Lipinski definition) is 8. The minimum atomic E-state index is -0.799. The Hall–Kier alpha value is -3.54. The minimum Gasteiger partial charge on any atom is -0.450 e. The Morgan fingerprint density at radius 2 is 1.45 bits per heavy atom. The summed E-state index contributed by atoms with van der Waals surface area (Å²) in [5.41, 5.74) is 2.81. The van der Waals surface area contributed by atoms with Gasteiger partial charge in [-0.05, 0) is 38.3 Å². The van der Waals surface area contributed by atoms with Crippen molar-refractivity contribution in [1.29, 1.82) is 0 Å². The predicted molar refractivity (Wildman–Crippen MR) is 136 cm³/mol. The maximum absolute atomic E-state index is 13.4. The van der Waals surface area contributed by atoms with Gasteiger partial charge in [-0.25, -0.2) is 15.1 Å². The lowest BCUT2D eigenvalue weighted by Gasteiger charge is -2.41. The van der Waals surface area contributed by atoms with Crippen LogP contribution in [0.2, 0.25) is 0 Å². The van der Waals surface area contributed by atoms with Crippen LogP contribution in [-0.4, -0.2) is 109 Å². The number of nitrogens with zero attached hydrogens (tertiary/aromatic N) is 4. The van der Waals surface area contributed by atoms with Crippen molar-refractivity contribution in [3.05, 3.63) is 30.3 Å². The third kappa shape index (κ3) is 6.47. The largest absolute Gasteiger partial charge is 0.450 e. The molecule has 0 bridgehead atoms. The molecule has 4 rings (SSSR count). The van der Waals surface area contributed by atoms with E-state index in [1.54, 1.807) is 22.2 Å². The lowest BCUT2D eigenvalue weighted by Crippen LogP contribution is -2.54. The maximum atomic E-state index is 13.4. The van der Waals surface area contributed by atoms with E-state index in [-0.39, 0.29) is 12.3 Å². The molecular weight excluding hydrogens is 494 g/mol. The van der Waals surface area contributed by atoms with Crippen LogP contribution in [0.5, 0.6) is 0 Å². The number of nitrogens with one attached hydrogen (secondary N) is 1. The fraction of sp³-hybridized carbons (Fsp3) is 0.615.